The van der Waals surface area contributed by atoms with E-state index in [-0.39, 0.29) is 17.4 Å². The number of methoxy groups -OCH3 is 1. The van der Waals surface area contributed by atoms with Crippen LogP contribution in [-0.2, 0) is 21.5 Å². The summed E-state index contributed by atoms with van der Waals surface area (Å²) < 4.78 is 5.77. The fourth-order valence-electron chi connectivity index (χ4n) is 6.71. The lowest BCUT2D eigenvalue weighted by molar-refractivity contribution is -0.138. The van der Waals surface area contributed by atoms with Crippen molar-refractivity contribution in [2.24, 2.45) is 16.3 Å². The van der Waals surface area contributed by atoms with Gasteiger partial charge in [0.15, 0.2) is 10.7 Å². The van der Waals surface area contributed by atoms with Crippen LogP contribution in [0.1, 0.15) is 68.1 Å². The number of carbonyl (C=O) groups is 1. The van der Waals surface area contributed by atoms with Gasteiger partial charge in [0, 0.05) is 36.3 Å². The third-order valence-electron chi connectivity index (χ3n) is 9.03. The molecule has 0 aromatic heterocycles. The molecule has 5 rings (SSSR count). The molecule has 2 spiro atoms. The minimum atomic E-state index is -0.847. The predicted molar refractivity (Wildman–Crippen MR) is 161 cm³/mol. The Kier molecular flexibility index (Phi) is 8.78. The number of fused-ring (bicyclic) bond motifs is 3. The van der Waals surface area contributed by atoms with E-state index >= 15 is 0 Å². The summed E-state index contributed by atoms with van der Waals surface area (Å²) in [7, 11) is 10.2. The maximum atomic E-state index is 14.8. The maximum absolute atomic E-state index is 14.8. The Morgan fingerprint density at radius 2 is 1.79 bits per heavy atom. The Labute approximate surface area is 239 Å². The molecule has 3 aliphatic carbocycles. The highest BCUT2D eigenvalue weighted by Gasteiger charge is 2.66. The number of amides is 1. The third-order valence-corrected chi connectivity index (χ3v) is 10.1. The second kappa shape index (κ2) is 11.9. The highest BCUT2D eigenvalue weighted by molar-refractivity contribution is 8.13. The number of carbonyl (C=O) groups excluding carboxylic acids is 1. The van der Waals surface area contributed by atoms with Crippen molar-refractivity contribution in [1.29, 1.82) is 0 Å². The molecule has 1 aliphatic heterocycles. The fraction of sp³-hybridized carbons (Fsp3) is 0.688. The van der Waals surface area contributed by atoms with Crippen LogP contribution in [0, 0.1) is 23.2 Å². The van der Waals surface area contributed by atoms with Gasteiger partial charge >= 0.3 is 0 Å². The first kappa shape index (κ1) is 28.7. The molecule has 4 aliphatic rings. The molecule has 212 valence electrons. The molecule has 0 N–H and O–H groups in total. The monoisotopic (exact) mass is 550 g/mol. The molecular weight excluding hydrogens is 504 g/mol. The maximum Gasteiger partial charge on any atom is 0.261 e. The van der Waals surface area contributed by atoms with Gasteiger partial charge in [-0.1, -0.05) is 29.7 Å². The summed E-state index contributed by atoms with van der Waals surface area (Å²) in [6.07, 6.45) is 9.50. The van der Waals surface area contributed by atoms with E-state index in [1.807, 2.05) is 12.0 Å². The van der Waals surface area contributed by atoms with Crippen LogP contribution in [0.4, 0.5) is 0 Å². The van der Waals surface area contributed by atoms with E-state index in [1.54, 1.807) is 11.8 Å². The van der Waals surface area contributed by atoms with Crippen molar-refractivity contribution in [3.63, 3.8) is 0 Å². The Hall–Kier alpha value is -1.85. The molecular formula is C32H46N4O2S. The van der Waals surface area contributed by atoms with Crippen molar-refractivity contribution in [2.75, 3.05) is 60.7 Å². The average molecular weight is 551 g/mol. The van der Waals surface area contributed by atoms with Crippen LogP contribution in [0.2, 0.25) is 0 Å². The van der Waals surface area contributed by atoms with E-state index in [0.29, 0.717) is 12.5 Å². The lowest BCUT2D eigenvalue weighted by Crippen LogP contribution is -2.52. The molecule has 0 bridgehead atoms. The normalized spacial score (nSPS) is 28.0. The fourth-order valence-corrected chi connectivity index (χ4v) is 7.69. The molecule has 6 nitrogen and oxygen atoms in total. The Bertz CT molecular complexity index is 1140. The van der Waals surface area contributed by atoms with Crippen molar-refractivity contribution in [1.82, 2.24) is 14.7 Å². The summed E-state index contributed by atoms with van der Waals surface area (Å²) in [6, 6.07) is 6.63. The third kappa shape index (κ3) is 5.81. The minimum Gasteiger partial charge on any atom is -0.381 e. The number of hydrogen-bond donors (Lipinski definition) is 0. The van der Waals surface area contributed by atoms with E-state index in [4.69, 9.17) is 9.73 Å². The first-order valence-electron chi connectivity index (χ1n) is 14.8. The number of benzene rings is 1. The summed E-state index contributed by atoms with van der Waals surface area (Å²) >= 11 is 1.77. The largest absolute Gasteiger partial charge is 0.381 e. The van der Waals surface area contributed by atoms with Crippen LogP contribution in [0.25, 0.3) is 0 Å². The summed E-state index contributed by atoms with van der Waals surface area (Å²) in [5.41, 5.74) is 2.38. The van der Waals surface area contributed by atoms with Gasteiger partial charge in [0.25, 0.3) is 5.91 Å². The van der Waals surface area contributed by atoms with Gasteiger partial charge in [-0.3, -0.25) is 9.69 Å². The van der Waals surface area contributed by atoms with Crippen LogP contribution in [-0.4, -0.2) is 92.6 Å². The Morgan fingerprint density at radius 3 is 2.46 bits per heavy atom. The van der Waals surface area contributed by atoms with Gasteiger partial charge in [0.1, 0.15) is 0 Å². The number of thioether (sulfide) groups is 1. The van der Waals surface area contributed by atoms with Gasteiger partial charge in [0.2, 0.25) is 0 Å². The smallest absolute Gasteiger partial charge is 0.261 e. The van der Waals surface area contributed by atoms with Crippen LogP contribution in [0.5, 0.6) is 0 Å². The molecule has 1 unspecified atom stereocenters. The molecule has 1 heterocycles. The second-order valence-corrected chi connectivity index (χ2v) is 13.6. The standard InChI is InChI=1S/C32H46N4O2S/c1-34(2)18-6-20-36-29(37)32(33-30(36)39-21-7-19-35(3)4)28-22-25(11-10-24-8-9-24)12-13-26(28)23-31(32)16-14-27(38-5)15-17-31/h12-13,22,24,27H,6-9,14-21,23H2,1-5H3. The molecule has 1 aromatic carbocycles. The lowest BCUT2D eigenvalue weighted by atomic mass is 9.61. The topological polar surface area (TPSA) is 48.4 Å². The quantitative estimate of drug-likeness (QED) is 0.332. The van der Waals surface area contributed by atoms with E-state index in [2.05, 4.69) is 68.0 Å². The molecule has 2 fully saturated rings. The number of hydrogen-bond acceptors (Lipinski definition) is 6. The molecule has 1 aromatic rings. The lowest BCUT2D eigenvalue weighted by Gasteiger charge is -2.45. The summed E-state index contributed by atoms with van der Waals surface area (Å²) in [5.74, 6) is 8.56. The summed E-state index contributed by atoms with van der Waals surface area (Å²) in [4.78, 5) is 26.9. The highest BCUT2D eigenvalue weighted by Crippen LogP contribution is 2.62. The first-order chi connectivity index (χ1) is 18.8. The zero-order valence-electron chi connectivity index (χ0n) is 24.6. The molecule has 0 saturated heterocycles. The Balaban J connectivity index is 1.54. The van der Waals surface area contributed by atoms with Crippen LogP contribution >= 0.6 is 11.8 Å². The van der Waals surface area contributed by atoms with Gasteiger partial charge in [-0.25, -0.2) is 4.99 Å². The summed E-state index contributed by atoms with van der Waals surface area (Å²) in [5, 5.41) is 0.924. The van der Waals surface area contributed by atoms with E-state index < -0.39 is 5.54 Å². The van der Waals surface area contributed by atoms with Crippen LogP contribution in [0.3, 0.4) is 0 Å². The van der Waals surface area contributed by atoms with Crippen molar-refractivity contribution in [2.45, 2.75) is 69.4 Å². The van der Waals surface area contributed by atoms with Gasteiger partial charge in [0.05, 0.1) is 6.10 Å². The van der Waals surface area contributed by atoms with Gasteiger partial charge < -0.3 is 14.5 Å². The van der Waals surface area contributed by atoms with Gasteiger partial charge in [-0.05, 0) is 122 Å². The first-order valence-corrected chi connectivity index (χ1v) is 15.8. The minimum absolute atomic E-state index is 0.193. The van der Waals surface area contributed by atoms with Crippen molar-refractivity contribution >= 4 is 22.8 Å². The van der Waals surface area contributed by atoms with Crippen LogP contribution < -0.4 is 0 Å². The average Bonchev–Trinajstić information content (AvgIpc) is 3.65. The number of aliphatic imine (C=N–C) groups is 1. The van der Waals surface area contributed by atoms with E-state index in [1.165, 1.54) is 18.4 Å². The number of ether oxygens (including phenoxy) is 1. The number of amidine groups is 1. The Morgan fingerprint density at radius 1 is 1.08 bits per heavy atom. The SMILES string of the molecule is COC1CCC2(CC1)Cc1ccc(C#CC3CC3)cc1C21N=C(SCCCN(C)C)N(CCCN(C)C)C1=O. The molecule has 2 saturated carbocycles. The van der Waals surface area contributed by atoms with Gasteiger partial charge in [-0.2, -0.15) is 0 Å². The zero-order chi connectivity index (χ0) is 27.6. The van der Waals surface area contributed by atoms with Crippen molar-refractivity contribution in [3.05, 3.63) is 34.9 Å². The number of nitrogens with zero attached hydrogens (tertiary/aromatic N) is 4. The van der Waals surface area contributed by atoms with Gasteiger partial charge in [-0.15, -0.1) is 0 Å². The highest BCUT2D eigenvalue weighted by atomic mass is 32.2. The molecule has 1 atom stereocenters. The van der Waals surface area contributed by atoms with Crippen molar-refractivity contribution < 1.29 is 9.53 Å². The van der Waals surface area contributed by atoms with E-state index in [9.17, 15) is 4.79 Å². The summed E-state index contributed by atoms with van der Waals surface area (Å²) in [6.45, 7) is 2.70. The predicted octanol–water partition coefficient (Wildman–Crippen LogP) is 4.61. The molecule has 0 radical (unpaired) electrons. The van der Waals surface area contributed by atoms with Crippen LogP contribution in [0.15, 0.2) is 23.2 Å². The van der Waals surface area contributed by atoms with E-state index in [0.717, 1.165) is 80.1 Å². The molecule has 1 amide bonds. The second-order valence-electron chi connectivity index (χ2n) is 12.5. The van der Waals surface area contributed by atoms with Crippen molar-refractivity contribution in [3.8, 4) is 11.8 Å². The molecule has 39 heavy (non-hydrogen) atoms. The number of rotatable bonds is 9. The molecule has 7 heteroatoms. The zero-order valence-corrected chi connectivity index (χ0v) is 25.4.